The highest BCUT2D eigenvalue weighted by Crippen LogP contribution is 2.20. The molecule has 0 aliphatic carbocycles. The molecule has 1 amide bonds. The van der Waals surface area contributed by atoms with E-state index in [9.17, 15) is 9.18 Å². The Kier molecular flexibility index (Phi) is 6.05. The first-order valence-electron chi connectivity index (χ1n) is 9.27. The highest BCUT2D eigenvalue weighted by atomic mass is 32.1. The third kappa shape index (κ3) is 5.24. The van der Waals surface area contributed by atoms with Crippen LogP contribution in [0.4, 0.5) is 15.2 Å². The Morgan fingerprint density at radius 2 is 1.73 bits per heavy atom. The average molecular weight is 419 g/mol. The van der Waals surface area contributed by atoms with Crippen LogP contribution in [0.25, 0.3) is 0 Å². The Morgan fingerprint density at radius 3 is 2.47 bits per heavy atom. The predicted octanol–water partition coefficient (Wildman–Crippen LogP) is 4.53. The molecule has 6 nitrogen and oxygen atoms in total. The minimum atomic E-state index is -0.249. The summed E-state index contributed by atoms with van der Waals surface area (Å²) in [5.74, 6) is -0.447. The molecule has 2 aromatic heterocycles. The van der Waals surface area contributed by atoms with E-state index < -0.39 is 0 Å². The van der Waals surface area contributed by atoms with Crippen molar-refractivity contribution in [1.29, 1.82) is 0 Å². The smallest absolute Gasteiger partial charge is 0.257 e. The van der Waals surface area contributed by atoms with Gasteiger partial charge in [0.1, 0.15) is 10.8 Å². The van der Waals surface area contributed by atoms with Gasteiger partial charge in [-0.1, -0.05) is 35.6 Å². The van der Waals surface area contributed by atoms with Gasteiger partial charge in [-0.15, -0.1) is 10.2 Å². The molecule has 30 heavy (non-hydrogen) atoms. The van der Waals surface area contributed by atoms with E-state index in [0.717, 1.165) is 21.3 Å². The monoisotopic (exact) mass is 419 g/mol. The summed E-state index contributed by atoms with van der Waals surface area (Å²) >= 11 is 1.47. The van der Waals surface area contributed by atoms with E-state index in [1.165, 1.54) is 29.7 Å². The average Bonchev–Trinajstić information content (AvgIpc) is 3.23. The molecule has 0 radical (unpaired) electrons. The summed E-state index contributed by atoms with van der Waals surface area (Å²) in [4.78, 5) is 16.1. The van der Waals surface area contributed by atoms with Gasteiger partial charge in [0.05, 0.1) is 5.56 Å². The van der Waals surface area contributed by atoms with Crippen LogP contribution in [0.2, 0.25) is 0 Å². The van der Waals surface area contributed by atoms with Crippen LogP contribution in [-0.2, 0) is 13.0 Å². The lowest BCUT2D eigenvalue weighted by Crippen LogP contribution is -2.12. The summed E-state index contributed by atoms with van der Waals surface area (Å²) in [6, 6.07) is 17.4. The van der Waals surface area contributed by atoms with Crippen LogP contribution in [0.1, 0.15) is 26.5 Å². The van der Waals surface area contributed by atoms with Crippen molar-refractivity contribution in [3.63, 3.8) is 0 Å². The normalized spacial score (nSPS) is 10.6. The van der Waals surface area contributed by atoms with E-state index in [1.807, 2.05) is 24.3 Å². The molecule has 4 rings (SSSR count). The minimum Gasteiger partial charge on any atom is -0.356 e. The SMILES string of the molecule is O=C(Nc1ccc(CNc2nnc(Cc3ccc(F)cc3)s2)cc1)c1cccnc1. The van der Waals surface area contributed by atoms with Crippen molar-refractivity contribution in [2.24, 2.45) is 0 Å². The second kappa shape index (κ2) is 9.23. The largest absolute Gasteiger partial charge is 0.356 e. The van der Waals surface area contributed by atoms with Crippen LogP contribution in [-0.4, -0.2) is 21.1 Å². The number of carbonyl (C=O) groups is 1. The van der Waals surface area contributed by atoms with Gasteiger partial charge in [0.25, 0.3) is 5.91 Å². The number of amides is 1. The quantitative estimate of drug-likeness (QED) is 0.460. The van der Waals surface area contributed by atoms with Crippen molar-refractivity contribution in [2.75, 3.05) is 10.6 Å². The van der Waals surface area contributed by atoms with E-state index in [0.29, 0.717) is 24.2 Å². The summed E-state index contributed by atoms with van der Waals surface area (Å²) in [6.45, 7) is 0.585. The van der Waals surface area contributed by atoms with Crippen LogP contribution in [0, 0.1) is 5.82 Å². The lowest BCUT2D eigenvalue weighted by molar-refractivity contribution is 0.102. The van der Waals surface area contributed by atoms with Gasteiger partial charge in [-0.05, 0) is 47.5 Å². The van der Waals surface area contributed by atoms with Crippen molar-refractivity contribution in [2.45, 2.75) is 13.0 Å². The minimum absolute atomic E-state index is 0.198. The fourth-order valence-electron chi connectivity index (χ4n) is 2.76. The standard InChI is InChI=1S/C22H18FN5OS/c23-18-7-3-15(4-8-18)12-20-27-28-22(30-20)25-13-16-5-9-19(10-6-16)26-21(29)17-2-1-11-24-14-17/h1-11,14H,12-13H2,(H,25,28)(H,26,29). The molecule has 0 saturated heterocycles. The fraction of sp³-hybridized carbons (Fsp3) is 0.0909. The molecule has 8 heteroatoms. The van der Waals surface area contributed by atoms with Crippen molar-refractivity contribution >= 4 is 28.1 Å². The molecule has 2 heterocycles. The van der Waals surface area contributed by atoms with Gasteiger partial charge in [-0.2, -0.15) is 0 Å². The maximum absolute atomic E-state index is 13.0. The molecule has 2 N–H and O–H groups in total. The zero-order valence-corrected chi connectivity index (χ0v) is 16.7. The Bertz CT molecular complexity index is 1110. The molecule has 0 aliphatic rings. The van der Waals surface area contributed by atoms with Gasteiger partial charge in [-0.3, -0.25) is 9.78 Å². The summed E-state index contributed by atoms with van der Waals surface area (Å²) in [6.07, 6.45) is 3.77. The van der Waals surface area contributed by atoms with Gasteiger partial charge >= 0.3 is 0 Å². The first-order chi connectivity index (χ1) is 14.7. The lowest BCUT2D eigenvalue weighted by atomic mass is 10.2. The van der Waals surface area contributed by atoms with Crippen molar-refractivity contribution in [1.82, 2.24) is 15.2 Å². The summed E-state index contributed by atoms with van der Waals surface area (Å²) in [7, 11) is 0. The van der Waals surface area contributed by atoms with E-state index in [4.69, 9.17) is 0 Å². The summed E-state index contributed by atoms with van der Waals surface area (Å²) < 4.78 is 13.0. The van der Waals surface area contributed by atoms with Gasteiger partial charge in [0.15, 0.2) is 0 Å². The number of aromatic nitrogens is 3. The topological polar surface area (TPSA) is 79.8 Å². The summed E-state index contributed by atoms with van der Waals surface area (Å²) in [5, 5.41) is 16.0. The predicted molar refractivity (Wildman–Crippen MR) is 115 cm³/mol. The number of rotatable bonds is 7. The molecular weight excluding hydrogens is 401 g/mol. The van der Waals surface area contributed by atoms with Crippen LogP contribution >= 0.6 is 11.3 Å². The molecule has 0 bridgehead atoms. The molecule has 150 valence electrons. The second-order valence-corrected chi connectivity index (χ2v) is 7.61. The van der Waals surface area contributed by atoms with Crippen molar-refractivity contribution in [3.8, 4) is 0 Å². The van der Waals surface area contributed by atoms with E-state index in [1.54, 1.807) is 30.5 Å². The van der Waals surface area contributed by atoms with Crippen LogP contribution in [0.15, 0.2) is 73.1 Å². The highest BCUT2D eigenvalue weighted by molar-refractivity contribution is 7.15. The molecule has 4 aromatic rings. The Hall–Kier alpha value is -3.65. The number of carbonyl (C=O) groups excluding carboxylic acids is 1. The van der Waals surface area contributed by atoms with Gasteiger partial charge in [-0.25, -0.2) is 4.39 Å². The number of nitrogens with one attached hydrogen (secondary N) is 2. The lowest BCUT2D eigenvalue weighted by Gasteiger charge is -2.07. The molecule has 0 fully saturated rings. The number of nitrogens with zero attached hydrogens (tertiary/aromatic N) is 3. The first kappa shape index (κ1) is 19.7. The van der Waals surface area contributed by atoms with Crippen LogP contribution < -0.4 is 10.6 Å². The number of anilines is 2. The Morgan fingerprint density at radius 1 is 0.967 bits per heavy atom. The maximum Gasteiger partial charge on any atom is 0.257 e. The molecule has 0 spiro atoms. The zero-order valence-electron chi connectivity index (χ0n) is 15.9. The molecule has 0 unspecified atom stereocenters. The highest BCUT2D eigenvalue weighted by Gasteiger charge is 2.07. The van der Waals surface area contributed by atoms with Gasteiger partial charge < -0.3 is 10.6 Å². The van der Waals surface area contributed by atoms with Crippen molar-refractivity contribution in [3.05, 3.63) is 101 Å². The van der Waals surface area contributed by atoms with Gasteiger partial charge in [0.2, 0.25) is 5.13 Å². The zero-order chi connectivity index (χ0) is 20.8. The summed E-state index contributed by atoms with van der Waals surface area (Å²) in [5.41, 5.74) is 3.26. The number of benzene rings is 2. The maximum atomic E-state index is 13.0. The Labute approximate surface area is 176 Å². The van der Waals surface area contributed by atoms with Gasteiger partial charge in [0, 0.05) is 31.0 Å². The first-order valence-corrected chi connectivity index (χ1v) is 10.1. The third-order valence-electron chi connectivity index (χ3n) is 4.31. The number of hydrogen-bond acceptors (Lipinski definition) is 6. The third-order valence-corrected chi connectivity index (χ3v) is 5.20. The molecular formula is C22H18FN5OS. The molecule has 2 aromatic carbocycles. The number of halogens is 1. The second-order valence-electron chi connectivity index (χ2n) is 6.55. The van der Waals surface area contributed by atoms with E-state index >= 15 is 0 Å². The van der Waals surface area contributed by atoms with Crippen LogP contribution in [0.5, 0.6) is 0 Å². The molecule has 0 aliphatic heterocycles. The Balaban J connectivity index is 1.29. The van der Waals surface area contributed by atoms with Crippen molar-refractivity contribution < 1.29 is 9.18 Å². The van der Waals surface area contributed by atoms with E-state index in [-0.39, 0.29) is 11.7 Å². The fourth-order valence-corrected chi connectivity index (χ4v) is 3.53. The molecule has 0 atom stereocenters. The van der Waals surface area contributed by atoms with Crippen LogP contribution in [0.3, 0.4) is 0 Å². The molecule has 0 saturated carbocycles. The number of pyridine rings is 1. The number of hydrogen-bond donors (Lipinski definition) is 2. The van der Waals surface area contributed by atoms with E-state index in [2.05, 4.69) is 25.8 Å².